The molecule has 3 aromatic carbocycles. The number of fused-ring (bicyclic) bond motifs is 2. The summed E-state index contributed by atoms with van der Waals surface area (Å²) in [5, 5.41) is 2.87. The molecule has 2 aliphatic heterocycles. The Kier molecular flexibility index (Phi) is 4.86. The number of rotatable bonds is 2. The van der Waals surface area contributed by atoms with Gasteiger partial charge >= 0.3 is 0 Å². The first-order valence-corrected chi connectivity index (χ1v) is 10.3. The zero-order valence-corrected chi connectivity index (χ0v) is 17.7. The van der Waals surface area contributed by atoms with E-state index in [1.807, 2.05) is 12.1 Å². The van der Waals surface area contributed by atoms with Crippen molar-refractivity contribution < 1.29 is 23.5 Å². The number of hydrogen-bond acceptors (Lipinski definition) is 4. The van der Waals surface area contributed by atoms with Crippen LogP contribution in [0.2, 0.25) is 0 Å². The first-order valence-electron chi connectivity index (χ1n) is 9.55. The smallest absolute Gasteiger partial charge is 0.255 e. The van der Waals surface area contributed by atoms with E-state index in [1.165, 1.54) is 17.0 Å². The van der Waals surface area contributed by atoms with Crippen molar-refractivity contribution in [3.8, 4) is 11.5 Å². The highest BCUT2D eigenvalue weighted by Crippen LogP contribution is 2.39. The van der Waals surface area contributed by atoms with E-state index in [-0.39, 0.29) is 31.0 Å². The molecule has 0 fully saturated rings. The van der Waals surface area contributed by atoms with Gasteiger partial charge in [0, 0.05) is 21.3 Å². The summed E-state index contributed by atoms with van der Waals surface area (Å²) in [6.45, 7) is -0.0691. The molecule has 6 nitrogen and oxygen atoms in total. The molecule has 2 amide bonds. The lowest BCUT2D eigenvalue weighted by molar-refractivity contribution is -0.117. The third-order valence-electron chi connectivity index (χ3n) is 5.27. The van der Waals surface area contributed by atoms with E-state index in [0.717, 1.165) is 10.0 Å². The van der Waals surface area contributed by atoms with E-state index < -0.39 is 6.04 Å². The molecule has 1 N–H and O–H groups in total. The van der Waals surface area contributed by atoms with Crippen molar-refractivity contribution in [2.75, 3.05) is 18.7 Å². The van der Waals surface area contributed by atoms with E-state index in [2.05, 4.69) is 21.2 Å². The van der Waals surface area contributed by atoms with Gasteiger partial charge in [0.2, 0.25) is 12.7 Å². The highest BCUT2D eigenvalue weighted by Gasteiger charge is 2.34. The van der Waals surface area contributed by atoms with Crippen molar-refractivity contribution in [3.05, 3.63) is 87.6 Å². The first-order chi connectivity index (χ1) is 15.0. The van der Waals surface area contributed by atoms with Crippen LogP contribution in [-0.2, 0) is 4.79 Å². The molecular formula is C23H16BrFN2O4. The van der Waals surface area contributed by atoms with Gasteiger partial charge in [0.05, 0.1) is 6.04 Å². The minimum Gasteiger partial charge on any atom is -0.454 e. The standard InChI is InChI=1S/C23H16BrFN2O4/c24-15-4-7-18-17(10-15)22(13-1-5-16(25)6-2-13)27(11-21(28)26-18)23(29)14-3-8-19-20(9-14)31-12-30-19/h1-10,22H,11-12H2,(H,26,28)/t22-/m0/s1. The molecule has 0 spiro atoms. The average molecular weight is 483 g/mol. The van der Waals surface area contributed by atoms with Crippen LogP contribution in [0.15, 0.2) is 65.1 Å². The molecule has 0 aromatic heterocycles. The van der Waals surface area contributed by atoms with Crippen LogP contribution >= 0.6 is 15.9 Å². The molecule has 0 aliphatic carbocycles. The van der Waals surface area contributed by atoms with Gasteiger partial charge in [0.15, 0.2) is 11.5 Å². The number of anilines is 1. The largest absolute Gasteiger partial charge is 0.454 e. The maximum atomic E-state index is 13.6. The summed E-state index contributed by atoms with van der Waals surface area (Å²) >= 11 is 3.47. The van der Waals surface area contributed by atoms with E-state index >= 15 is 0 Å². The van der Waals surface area contributed by atoms with Crippen LogP contribution in [0.4, 0.5) is 10.1 Å². The Balaban J connectivity index is 1.65. The molecule has 0 saturated heterocycles. The van der Waals surface area contributed by atoms with Crippen molar-refractivity contribution in [2.45, 2.75) is 6.04 Å². The number of carbonyl (C=O) groups is 2. The SMILES string of the molecule is O=C1CN(C(=O)c2ccc3c(c2)OCO3)[C@@H](c2ccc(F)cc2)c2cc(Br)ccc2N1. The topological polar surface area (TPSA) is 67.9 Å². The quantitative estimate of drug-likeness (QED) is 0.583. The van der Waals surface area contributed by atoms with Crippen LogP contribution in [0.25, 0.3) is 0 Å². The second kappa shape index (κ2) is 7.70. The summed E-state index contributed by atoms with van der Waals surface area (Å²) in [4.78, 5) is 27.8. The normalized spacial score (nSPS) is 17.0. The number of hydrogen-bond donors (Lipinski definition) is 1. The number of amides is 2. The monoisotopic (exact) mass is 482 g/mol. The Bertz CT molecular complexity index is 1200. The minimum atomic E-state index is -0.607. The number of ether oxygens (including phenoxy) is 2. The van der Waals surface area contributed by atoms with E-state index in [4.69, 9.17) is 9.47 Å². The Morgan fingerprint density at radius 3 is 2.61 bits per heavy atom. The molecule has 1 atom stereocenters. The second-order valence-electron chi connectivity index (χ2n) is 7.23. The van der Waals surface area contributed by atoms with Gasteiger partial charge in [-0.05, 0) is 54.1 Å². The molecule has 2 aliphatic rings. The van der Waals surface area contributed by atoms with E-state index in [0.29, 0.717) is 28.3 Å². The van der Waals surface area contributed by atoms with Crippen molar-refractivity contribution >= 4 is 33.4 Å². The van der Waals surface area contributed by atoms with Gasteiger partial charge in [-0.25, -0.2) is 4.39 Å². The Hall–Kier alpha value is -3.39. The fourth-order valence-corrected chi connectivity index (χ4v) is 4.25. The van der Waals surface area contributed by atoms with Crippen LogP contribution in [0.1, 0.15) is 27.5 Å². The van der Waals surface area contributed by atoms with Crippen LogP contribution in [-0.4, -0.2) is 30.1 Å². The minimum absolute atomic E-state index is 0.0959. The molecular weight excluding hydrogens is 467 g/mol. The van der Waals surface area contributed by atoms with Gasteiger partial charge in [0.1, 0.15) is 12.4 Å². The molecule has 3 aromatic rings. The van der Waals surface area contributed by atoms with Gasteiger partial charge in [-0.2, -0.15) is 0 Å². The summed E-state index contributed by atoms with van der Waals surface area (Å²) in [5.41, 5.74) is 2.37. The van der Waals surface area contributed by atoms with Gasteiger partial charge < -0.3 is 19.7 Å². The zero-order chi connectivity index (χ0) is 21.5. The lowest BCUT2D eigenvalue weighted by Gasteiger charge is -2.31. The summed E-state index contributed by atoms with van der Waals surface area (Å²) in [7, 11) is 0. The number of benzene rings is 3. The first kappa shape index (κ1) is 19.6. The third-order valence-corrected chi connectivity index (χ3v) is 5.77. The molecule has 5 rings (SSSR count). The van der Waals surface area contributed by atoms with Crippen LogP contribution < -0.4 is 14.8 Å². The average Bonchev–Trinajstić information content (AvgIpc) is 3.18. The van der Waals surface area contributed by atoms with Gasteiger partial charge in [-0.15, -0.1) is 0 Å². The highest BCUT2D eigenvalue weighted by atomic mass is 79.9. The second-order valence-corrected chi connectivity index (χ2v) is 8.15. The number of nitrogens with zero attached hydrogens (tertiary/aromatic N) is 1. The maximum absolute atomic E-state index is 13.6. The van der Waals surface area contributed by atoms with Gasteiger partial charge in [-0.1, -0.05) is 28.1 Å². The predicted octanol–water partition coefficient (Wildman–Crippen LogP) is 4.50. The summed E-state index contributed by atoms with van der Waals surface area (Å²) in [5.74, 6) is -0.00585. The van der Waals surface area contributed by atoms with Crippen molar-refractivity contribution in [2.24, 2.45) is 0 Å². The van der Waals surface area contributed by atoms with E-state index in [9.17, 15) is 14.0 Å². The highest BCUT2D eigenvalue weighted by molar-refractivity contribution is 9.10. The Morgan fingerprint density at radius 1 is 1.03 bits per heavy atom. The summed E-state index contributed by atoms with van der Waals surface area (Å²) in [6, 6.07) is 15.7. The van der Waals surface area contributed by atoms with Gasteiger partial charge in [0.25, 0.3) is 5.91 Å². The maximum Gasteiger partial charge on any atom is 0.255 e. The predicted molar refractivity (Wildman–Crippen MR) is 115 cm³/mol. The van der Waals surface area contributed by atoms with Crippen LogP contribution in [0.5, 0.6) is 11.5 Å². The Labute approximate surface area is 185 Å². The summed E-state index contributed by atoms with van der Waals surface area (Å²) in [6.07, 6.45) is 0. The van der Waals surface area contributed by atoms with E-state index in [1.54, 1.807) is 36.4 Å². The molecule has 0 unspecified atom stereocenters. The van der Waals surface area contributed by atoms with Crippen LogP contribution in [0.3, 0.4) is 0 Å². The molecule has 0 saturated carbocycles. The number of carbonyl (C=O) groups excluding carboxylic acids is 2. The molecule has 8 heteroatoms. The molecule has 31 heavy (non-hydrogen) atoms. The zero-order valence-electron chi connectivity index (χ0n) is 16.1. The van der Waals surface area contributed by atoms with Crippen LogP contribution in [0, 0.1) is 5.82 Å². The number of nitrogens with one attached hydrogen (secondary N) is 1. The molecule has 2 heterocycles. The van der Waals surface area contributed by atoms with Crippen molar-refractivity contribution in [1.82, 2.24) is 4.90 Å². The Morgan fingerprint density at radius 2 is 1.81 bits per heavy atom. The molecule has 156 valence electrons. The third kappa shape index (κ3) is 3.63. The molecule has 0 radical (unpaired) electrons. The van der Waals surface area contributed by atoms with Crippen molar-refractivity contribution in [3.63, 3.8) is 0 Å². The fourth-order valence-electron chi connectivity index (χ4n) is 3.87. The number of halogens is 2. The lowest BCUT2D eigenvalue weighted by atomic mass is 9.95. The van der Waals surface area contributed by atoms with Gasteiger partial charge in [-0.3, -0.25) is 9.59 Å². The lowest BCUT2D eigenvalue weighted by Crippen LogP contribution is -2.39. The summed E-state index contributed by atoms with van der Waals surface area (Å²) < 4.78 is 25.1. The molecule has 0 bridgehead atoms. The van der Waals surface area contributed by atoms with Crippen molar-refractivity contribution in [1.29, 1.82) is 0 Å². The fraction of sp³-hybridized carbons (Fsp3) is 0.130.